The maximum absolute atomic E-state index is 4.30. The van der Waals surface area contributed by atoms with Gasteiger partial charge in [0.2, 0.25) is 0 Å². The molecule has 0 saturated heterocycles. The van der Waals surface area contributed by atoms with Crippen LogP contribution in [0.15, 0.2) is 18.5 Å². The number of aromatic nitrogens is 3. The summed E-state index contributed by atoms with van der Waals surface area (Å²) < 4.78 is 0. The molecule has 0 atom stereocenters. The second kappa shape index (κ2) is 2.55. The molecule has 0 amide bonds. The number of hydrogen-bond acceptors (Lipinski definition) is 2. The molecule has 2 aromatic heterocycles. The van der Waals surface area contributed by atoms with E-state index in [0.717, 1.165) is 16.6 Å². The lowest BCUT2D eigenvalue weighted by Gasteiger charge is -2.14. The molecular weight excluding hydrogens is 162 g/mol. The third-order valence-electron chi connectivity index (χ3n) is 2.07. The summed E-state index contributed by atoms with van der Waals surface area (Å²) >= 11 is 0. The highest BCUT2D eigenvalue weighted by Gasteiger charge is 2.19. The number of nitrogens with zero attached hydrogens (tertiary/aromatic N) is 2. The van der Waals surface area contributed by atoms with E-state index >= 15 is 0 Å². The van der Waals surface area contributed by atoms with Gasteiger partial charge in [-0.15, -0.1) is 0 Å². The number of aromatic amines is 1. The summed E-state index contributed by atoms with van der Waals surface area (Å²) in [5.41, 5.74) is 2.21. The zero-order valence-electron chi connectivity index (χ0n) is 8.13. The van der Waals surface area contributed by atoms with Crippen LogP contribution in [0.1, 0.15) is 26.5 Å². The number of pyridine rings is 1. The Balaban J connectivity index is 2.72. The average Bonchev–Trinajstić information content (AvgIpc) is 2.45. The Morgan fingerprint density at radius 2 is 2.08 bits per heavy atom. The van der Waals surface area contributed by atoms with Gasteiger partial charge in [-0.05, 0) is 6.07 Å². The second-order valence-corrected chi connectivity index (χ2v) is 4.24. The largest absolute Gasteiger partial charge is 0.277 e. The smallest absolute Gasteiger partial charge is 0.0769 e. The molecule has 0 aliphatic heterocycles. The first-order valence-electron chi connectivity index (χ1n) is 4.37. The van der Waals surface area contributed by atoms with Crippen LogP contribution in [0.25, 0.3) is 10.9 Å². The van der Waals surface area contributed by atoms with Gasteiger partial charge in [-0.3, -0.25) is 10.1 Å². The normalized spacial score (nSPS) is 12.2. The fourth-order valence-corrected chi connectivity index (χ4v) is 1.43. The van der Waals surface area contributed by atoms with Crippen molar-refractivity contribution in [1.29, 1.82) is 0 Å². The van der Waals surface area contributed by atoms with E-state index in [1.165, 1.54) is 0 Å². The monoisotopic (exact) mass is 175 g/mol. The summed E-state index contributed by atoms with van der Waals surface area (Å²) in [6.07, 6.45) is 3.63. The zero-order valence-corrected chi connectivity index (χ0v) is 8.13. The van der Waals surface area contributed by atoms with Crippen molar-refractivity contribution >= 4 is 10.9 Å². The van der Waals surface area contributed by atoms with Crippen LogP contribution in [-0.4, -0.2) is 15.2 Å². The van der Waals surface area contributed by atoms with E-state index in [-0.39, 0.29) is 5.41 Å². The van der Waals surface area contributed by atoms with E-state index in [1.54, 1.807) is 6.20 Å². The van der Waals surface area contributed by atoms with Crippen LogP contribution in [-0.2, 0) is 5.41 Å². The van der Waals surface area contributed by atoms with Crippen LogP contribution in [0.4, 0.5) is 0 Å². The lowest BCUT2D eigenvalue weighted by Crippen LogP contribution is -2.11. The summed E-state index contributed by atoms with van der Waals surface area (Å²) in [7, 11) is 0. The van der Waals surface area contributed by atoms with Gasteiger partial charge in [-0.1, -0.05) is 20.8 Å². The molecule has 0 aliphatic rings. The van der Waals surface area contributed by atoms with Crippen LogP contribution < -0.4 is 0 Å². The van der Waals surface area contributed by atoms with E-state index in [2.05, 4.69) is 36.0 Å². The van der Waals surface area contributed by atoms with Gasteiger partial charge in [0.25, 0.3) is 0 Å². The van der Waals surface area contributed by atoms with E-state index in [4.69, 9.17) is 0 Å². The maximum Gasteiger partial charge on any atom is 0.0769 e. The van der Waals surface area contributed by atoms with Crippen molar-refractivity contribution in [2.75, 3.05) is 0 Å². The highest BCUT2D eigenvalue weighted by atomic mass is 15.1. The van der Waals surface area contributed by atoms with Gasteiger partial charge in [0, 0.05) is 23.2 Å². The Kier molecular flexibility index (Phi) is 1.62. The van der Waals surface area contributed by atoms with Gasteiger partial charge in [0.1, 0.15) is 0 Å². The standard InChI is InChI=1S/C10H13N3/c1-10(2,3)9-7-6-11-5-4-8(7)12-13-9/h4-6H,1-3H3,(H,12,13). The molecule has 1 N–H and O–H groups in total. The quantitative estimate of drug-likeness (QED) is 0.667. The minimum atomic E-state index is 0.0707. The molecule has 2 heterocycles. The first-order valence-corrected chi connectivity index (χ1v) is 4.37. The fourth-order valence-electron chi connectivity index (χ4n) is 1.43. The van der Waals surface area contributed by atoms with Crippen molar-refractivity contribution in [3.8, 4) is 0 Å². The molecule has 0 aliphatic carbocycles. The van der Waals surface area contributed by atoms with Crippen molar-refractivity contribution in [2.24, 2.45) is 0 Å². The third kappa shape index (κ3) is 1.30. The van der Waals surface area contributed by atoms with Gasteiger partial charge in [0.15, 0.2) is 0 Å². The SMILES string of the molecule is CC(C)(C)c1n[nH]c2ccncc12. The molecular formula is C10H13N3. The molecule has 13 heavy (non-hydrogen) atoms. The van der Waals surface area contributed by atoms with Crippen LogP contribution in [0.2, 0.25) is 0 Å². The Morgan fingerprint density at radius 1 is 1.31 bits per heavy atom. The van der Waals surface area contributed by atoms with Gasteiger partial charge in [-0.2, -0.15) is 5.10 Å². The van der Waals surface area contributed by atoms with Gasteiger partial charge in [-0.25, -0.2) is 0 Å². The van der Waals surface area contributed by atoms with Crippen molar-refractivity contribution < 1.29 is 0 Å². The molecule has 0 radical (unpaired) electrons. The lowest BCUT2D eigenvalue weighted by atomic mass is 9.90. The maximum atomic E-state index is 4.30. The van der Waals surface area contributed by atoms with Gasteiger partial charge < -0.3 is 0 Å². The molecule has 0 bridgehead atoms. The fraction of sp³-hybridized carbons (Fsp3) is 0.400. The molecule has 3 heteroatoms. The molecule has 0 fully saturated rings. The van der Waals surface area contributed by atoms with Gasteiger partial charge >= 0.3 is 0 Å². The van der Waals surface area contributed by atoms with Crippen molar-refractivity contribution in [3.63, 3.8) is 0 Å². The predicted octanol–water partition coefficient (Wildman–Crippen LogP) is 2.26. The van der Waals surface area contributed by atoms with Gasteiger partial charge in [0.05, 0.1) is 11.2 Å². The highest BCUT2D eigenvalue weighted by molar-refractivity contribution is 5.80. The van der Waals surface area contributed by atoms with Crippen LogP contribution in [0, 0.1) is 0 Å². The number of nitrogens with one attached hydrogen (secondary N) is 1. The predicted molar refractivity (Wildman–Crippen MR) is 52.6 cm³/mol. The minimum absolute atomic E-state index is 0.0707. The van der Waals surface area contributed by atoms with E-state index in [0.29, 0.717) is 0 Å². The number of rotatable bonds is 0. The summed E-state index contributed by atoms with van der Waals surface area (Å²) in [5.74, 6) is 0. The summed E-state index contributed by atoms with van der Waals surface area (Å²) in [5, 5.41) is 8.43. The van der Waals surface area contributed by atoms with Crippen LogP contribution in [0.3, 0.4) is 0 Å². The van der Waals surface area contributed by atoms with Crippen LogP contribution in [0.5, 0.6) is 0 Å². The van der Waals surface area contributed by atoms with E-state index in [9.17, 15) is 0 Å². The Bertz CT molecular complexity index is 423. The molecule has 68 valence electrons. The third-order valence-corrected chi connectivity index (χ3v) is 2.07. The Hall–Kier alpha value is -1.38. The summed E-state index contributed by atoms with van der Waals surface area (Å²) in [4.78, 5) is 4.10. The van der Waals surface area contributed by atoms with Crippen LogP contribution >= 0.6 is 0 Å². The second-order valence-electron chi connectivity index (χ2n) is 4.24. The zero-order chi connectivity index (χ0) is 9.47. The van der Waals surface area contributed by atoms with E-state index in [1.807, 2.05) is 12.3 Å². The number of hydrogen-bond donors (Lipinski definition) is 1. The molecule has 0 spiro atoms. The average molecular weight is 175 g/mol. The highest BCUT2D eigenvalue weighted by Crippen LogP contribution is 2.26. The number of H-pyrrole nitrogens is 1. The molecule has 2 rings (SSSR count). The summed E-state index contributed by atoms with van der Waals surface area (Å²) in [6.45, 7) is 6.45. The molecule has 2 aromatic rings. The molecule has 3 nitrogen and oxygen atoms in total. The van der Waals surface area contributed by atoms with Crippen molar-refractivity contribution in [2.45, 2.75) is 26.2 Å². The first-order chi connectivity index (χ1) is 6.09. The Morgan fingerprint density at radius 3 is 2.77 bits per heavy atom. The molecule has 0 saturated carbocycles. The van der Waals surface area contributed by atoms with Crippen molar-refractivity contribution in [1.82, 2.24) is 15.2 Å². The minimum Gasteiger partial charge on any atom is -0.277 e. The van der Waals surface area contributed by atoms with E-state index < -0.39 is 0 Å². The lowest BCUT2D eigenvalue weighted by molar-refractivity contribution is 0.571. The molecule has 0 unspecified atom stereocenters. The number of fused-ring (bicyclic) bond motifs is 1. The molecule has 0 aromatic carbocycles. The topological polar surface area (TPSA) is 41.6 Å². The first kappa shape index (κ1) is 8.23. The van der Waals surface area contributed by atoms with Crippen molar-refractivity contribution in [3.05, 3.63) is 24.2 Å². The Labute approximate surface area is 77.2 Å². The summed E-state index contributed by atoms with van der Waals surface area (Å²) in [6, 6.07) is 1.94.